The summed E-state index contributed by atoms with van der Waals surface area (Å²) in [5.41, 5.74) is 4.25. The number of nitrogens with zero attached hydrogens (tertiary/aromatic N) is 2. The van der Waals surface area contributed by atoms with Gasteiger partial charge in [0.15, 0.2) is 0 Å². The molecule has 0 aliphatic carbocycles. The van der Waals surface area contributed by atoms with Crippen LogP contribution >= 0.6 is 0 Å². The lowest BCUT2D eigenvalue weighted by Gasteiger charge is -2.21. The molecule has 4 rings (SSSR count). The van der Waals surface area contributed by atoms with Crippen molar-refractivity contribution in [2.45, 2.75) is 25.9 Å². The van der Waals surface area contributed by atoms with Crippen molar-refractivity contribution in [1.29, 1.82) is 0 Å². The molecule has 0 bridgehead atoms. The largest absolute Gasteiger partial charge is 0.507 e. The molecule has 116 valence electrons. The Balaban J connectivity index is 1.69. The highest BCUT2D eigenvalue weighted by molar-refractivity contribution is 5.86. The van der Waals surface area contributed by atoms with E-state index in [1.165, 1.54) is 5.56 Å². The predicted molar refractivity (Wildman–Crippen MR) is 92.3 cm³/mol. The Morgan fingerprint density at radius 1 is 1.00 bits per heavy atom. The topological polar surface area (TPSA) is 36.4 Å². The lowest BCUT2D eigenvalue weighted by Crippen LogP contribution is -2.22. The average molecular weight is 304 g/mol. The third-order valence-electron chi connectivity index (χ3n) is 4.57. The van der Waals surface area contributed by atoms with Crippen LogP contribution < -0.4 is 0 Å². The summed E-state index contributed by atoms with van der Waals surface area (Å²) in [4.78, 5) is 7.19. The summed E-state index contributed by atoms with van der Waals surface area (Å²) < 4.78 is 0. The van der Waals surface area contributed by atoms with E-state index >= 15 is 0 Å². The second-order valence-corrected chi connectivity index (χ2v) is 6.20. The molecule has 3 heteroatoms. The zero-order valence-electron chi connectivity index (χ0n) is 13.1. The number of aryl methyl sites for hydroxylation is 1. The molecule has 23 heavy (non-hydrogen) atoms. The molecule has 3 aromatic rings. The maximum atomic E-state index is 10.7. The monoisotopic (exact) mass is 304 g/mol. The van der Waals surface area contributed by atoms with Gasteiger partial charge in [-0.1, -0.05) is 42.5 Å². The fraction of sp³-hybridized carbons (Fsp3) is 0.250. The van der Waals surface area contributed by atoms with Crippen molar-refractivity contribution in [2.24, 2.45) is 0 Å². The van der Waals surface area contributed by atoms with Gasteiger partial charge in [0.1, 0.15) is 5.75 Å². The van der Waals surface area contributed by atoms with E-state index in [9.17, 15) is 5.11 Å². The first kappa shape index (κ1) is 14.2. The molecule has 1 aromatic heterocycles. The lowest BCUT2D eigenvalue weighted by molar-refractivity contribution is 0.258. The molecule has 2 heterocycles. The Bertz CT molecular complexity index is 830. The van der Waals surface area contributed by atoms with Gasteiger partial charge in [-0.15, -0.1) is 0 Å². The third-order valence-corrected chi connectivity index (χ3v) is 4.57. The van der Waals surface area contributed by atoms with E-state index in [1.54, 1.807) is 0 Å². The van der Waals surface area contributed by atoms with Crippen LogP contribution in [0.4, 0.5) is 0 Å². The Morgan fingerprint density at radius 3 is 2.65 bits per heavy atom. The molecule has 2 aromatic carbocycles. The quantitative estimate of drug-likeness (QED) is 0.780. The summed E-state index contributed by atoms with van der Waals surface area (Å²) in [6.07, 6.45) is 2.00. The summed E-state index contributed by atoms with van der Waals surface area (Å²) in [5.74, 6) is 0.408. The Morgan fingerprint density at radius 2 is 1.78 bits per heavy atom. The molecule has 0 amide bonds. The van der Waals surface area contributed by atoms with E-state index in [4.69, 9.17) is 4.98 Å². The summed E-state index contributed by atoms with van der Waals surface area (Å²) in [7, 11) is 0. The van der Waals surface area contributed by atoms with Crippen LogP contribution in [0.1, 0.15) is 23.2 Å². The molecule has 1 aliphatic rings. The highest BCUT2D eigenvalue weighted by Crippen LogP contribution is 2.33. The number of aromatic hydroxyl groups is 1. The van der Waals surface area contributed by atoms with Gasteiger partial charge in [-0.25, -0.2) is 0 Å². The Hall–Kier alpha value is -2.39. The molecule has 0 radical (unpaired) electrons. The summed E-state index contributed by atoms with van der Waals surface area (Å²) in [6, 6.07) is 18.4. The van der Waals surface area contributed by atoms with Crippen molar-refractivity contribution in [3.8, 4) is 5.75 Å². The minimum Gasteiger partial charge on any atom is -0.507 e. The van der Waals surface area contributed by atoms with Gasteiger partial charge in [-0.2, -0.15) is 0 Å². The van der Waals surface area contributed by atoms with Crippen LogP contribution in [-0.4, -0.2) is 21.5 Å². The third kappa shape index (κ3) is 2.80. The van der Waals surface area contributed by atoms with Gasteiger partial charge in [-0.3, -0.25) is 9.88 Å². The minimum absolute atomic E-state index is 0.408. The number of rotatable bonds is 2. The molecule has 0 saturated carbocycles. The van der Waals surface area contributed by atoms with Crippen LogP contribution in [0.3, 0.4) is 0 Å². The fourth-order valence-electron chi connectivity index (χ4n) is 3.41. The van der Waals surface area contributed by atoms with E-state index in [1.807, 2.05) is 30.3 Å². The fourth-order valence-corrected chi connectivity index (χ4v) is 3.41. The number of para-hydroxylation sites is 1. The number of aromatic nitrogens is 1. The van der Waals surface area contributed by atoms with Gasteiger partial charge in [-0.05, 0) is 37.1 Å². The van der Waals surface area contributed by atoms with Gasteiger partial charge >= 0.3 is 0 Å². The average Bonchev–Trinajstić information content (AvgIpc) is 2.78. The molecule has 0 spiro atoms. The van der Waals surface area contributed by atoms with Gasteiger partial charge in [0.05, 0.1) is 5.52 Å². The minimum atomic E-state index is 0.408. The van der Waals surface area contributed by atoms with E-state index in [2.05, 4.69) is 29.2 Å². The van der Waals surface area contributed by atoms with Gasteiger partial charge in [0, 0.05) is 29.7 Å². The predicted octanol–water partition coefficient (Wildman–Crippen LogP) is 3.89. The van der Waals surface area contributed by atoms with E-state index in [0.29, 0.717) is 5.75 Å². The van der Waals surface area contributed by atoms with Crippen LogP contribution in [0, 0.1) is 0 Å². The molecule has 1 N–H and O–H groups in total. The van der Waals surface area contributed by atoms with Crippen molar-refractivity contribution in [3.63, 3.8) is 0 Å². The smallest absolute Gasteiger partial charge is 0.131 e. The van der Waals surface area contributed by atoms with Crippen molar-refractivity contribution in [1.82, 2.24) is 9.88 Å². The SMILES string of the molecule is Oc1c2c(nc3ccccc13)CCCN(Cc1ccccc1)C2. The van der Waals surface area contributed by atoms with Crippen LogP contribution in [0.2, 0.25) is 0 Å². The van der Waals surface area contributed by atoms with E-state index in [-0.39, 0.29) is 0 Å². The van der Waals surface area contributed by atoms with Crippen LogP contribution in [-0.2, 0) is 19.5 Å². The lowest BCUT2D eigenvalue weighted by atomic mass is 10.1. The standard InChI is InChI=1S/C20H20N2O/c23-20-16-9-4-5-10-18(16)21-19-11-6-12-22(14-17(19)20)13-15-7-2-1-3-8-15/h1-5,7-10H,6,11-14H2,(H,21,23). The molecular weight excluding hydrogens is 284 g/mol. The number of fused-ring (bicyclic) bond motifs is 2. The Kier molecular flexibility index (Phi) is 3.72. The summed E-state index contributed by atoms with van der Waals surface area (Å²) in [6.45, 7) is 2.70. The summed E-state index contributed by atoms with van der Waals surface area (Å²) in [5, 5.41) is 11.6. The first-order valence-electron chi connectivity index (χ1n) is 8.17. The van der Waals surface area contributed by atoms with Gasteiger partial charge < -0.3 is 5.11 Å². The normalized spacial score (nSPS) is 15.3. The van der Waals surface area contributed by atoms with Crippen LogP contribution in [0.25, 0.3) is 10.9 Å². The Labute approximate surface area is 136 Å². The molecular formula is C20H20N2O. The van der Waals surface area contributed by atoms with Crippen molar-refractivity contribution < 1.29 is 5.11 Å². The molecule has 3 nitrogen and oxygen atoms in total. The van der Waals surface area contributed by atoms with Crippen molar-refractivity contribution >= 4 is 10.9 Å². The number of pyridine rings is 1. The second kappa shape index (κ2) is 6.01. The maximum Gasteiger partial charge on any atom is 0.131 e. The van der Waals surface area contributed by atoms with Crippen molar-refractivity contribution in [2.75, 3.05) is 6.54 Å². The molecule has 0 unspecified atom stereocenters. The first-order valence-corrected chi connectivity index (χ1v) is 8.17. The van der Waals surface area contributed by atoms with E-state index < -0.39 is 0 Å². The first-order chi connectivity index (χ1) is 11.3. The zero-order chi connectivity index (χ0) is 15.6. The highest BCUT2D eigenvalue weighted by Gasteiger charge is 2.20. The number of benzene rings is 2. The van der Waals surface area contributed by atoms with Crippen LogP contribution in [0.15, 0.2) is 54.6 Å². The molecule has 0 atom stereocenters. The number of hydrogen-bond acceptors (Lipinski definition) is 3. The van der Waals surface area contributed by atoms with Gasteiger partial charge in [0.2, 0.25) is 0 Å². The van der Waals surface area contributed by atoms with Gasteiger partial charge in [0.25, 0.3) is 0 Å². The van der Waals surface area contributed by atoms with Crippen LogP contribution in [0.5, 0.6) is 5.75 Å². The van der Waals surface area contributed by atoms with E-state index in [0.717, 1.165) is 54.6 Å². The van der Waals surface area contributed by atoms with Crippen molar-refractivity contribution in [3.05, 3.63) is 71.4 Å². The molecule has 1 aliphatic heterocycles. The zero-order valence-corrected chi connectivity index (χ0v) is 13.1. The number of hydrogen-bond donors (Lipinski definition) is 1. The molecule has 0 saturated heterocycles. The molecule has 0 fully saturated rings. The highest BCUT2D eigenvalue weighted by atomic mass is 16.3. The maximum absolute atomic E-state index is 10.7. The second-order valence-electron chi connectivity index (χ2n) is 6.20. The summed E-state index contributed by atoms with van der Waals surface area (Å²) >= 11 is 0.